The fourth-order valence-corrected chi connectivity index (χ4v) is 0.779. The fourth-order valence-electron chi connectivity index (χ4n) is 0.424. The molecule has 4 heteroatoms. The van der Waals surface area contributed by atoms with Gasteiger partial charge in [-0.15, -0.1) is 0 Å². The molecule has 1 atom stereocenters. The predicted octanol–water partition coefficient (Wildman–Crippen LogP) is 0.540. The largest absolute Gasteiger partial charge is 0.480 e. The molecule has 0 aliphatic rings. The molecule has 0 aliphatic heterocycles. The Morgan fingerprint density at radius 3 is 2.20 bits per heavy atom. The Hall–Kier alpha value is -0.220. The van der Waals surface area contributed by atoms with Gasteiger partial charge in [0.25, 0.3) is 0 Å². The second kappa shape index (κ2) is 3.25. The lowest BCUT2D eigenvalue weighted by atomic mass is 10.1. The highest BCUT2D eigenvalue weighted by atomic mass is 32.2. The zero-order valence-corrected chi connectivity index (χ0v) is 7.23. The maximum atomic E-state index is 10.4. The van der Waals surface area contributed by atoms with E-state index in [-0.39, 0.29) is 4.75 Å². The van der Waals surface area contributed by atoms with E-state index in [1.54, 1.807) is 0 Å². The molecule has 0 fully saturated rings. The smallest absolute Gasteiger partial charge is 0.321 e. The Bertz CT molecular complexity index is 136. The number of thioether (sulfide) groups is 1. The van der Waals surface area contributed by atoms with E-state index < -0.39 is 12.0 Å². The number of hydrogen-bond acceptors (Lipinski definition) is 3. The van der Waals surface area contributed by atoms with Crippen LogP contribution < -0.4 is 5.73 Å². The van der Waals surface area contributed by atoms with Crippen molar-refractivity contribution >= 4 is 17.7 Å². The monoisotopic (exact) mass is 163 g/mol. The maximum absolute atomic E-state index is 10.4. The van der Waals surface area contributed by atoms with Gasteiger partial charge in [0, 0.05) is 4.75 Å². The summed E-state index contributed by atoms with van der Waals surface area (Å²) >= 11 is 1.46. The van der Waals surface area contributed by atoms with Gasteiger partial charge in [0.2, 0.25) is 0 Å². The van der Waals surface area contributed by atoms with Gasteiger partial charge >= 0.3 is 5.97 Å². The third-order valence-corrected chi connectivity index (χ3v) is 2.85. The molecule has 0 aromatic rings. The molecule has 0 aromatic heterocycles. The number of aliphatic carboxylic acids is 1. The third-order valence-electron chi connectivity index (χ3n) is 1.54. The first-order valence-electron chi connectivity index (χ1n) is 2.95. The summed E-state index contributed by atoms with van der Waals surface area (Å²) in [5.74, 6) is -0.945. The van der Waals surface area contributed by atoms with Gasteiger partial charge < -0.3 is 10.8 Å². The molecule has 0 amide bonds. The summed E-state index contributed by atoms with van der Waals surface area (Å²) in [6.07, 6.45) is 1.85. The molecule has 60 valence electrons. The Morgan fingerprint density at radius 2 is 2.10 bits per heavy atom. The topological polar surface area (TPSA) is 63.3 Å². The number of nitrogens with two attached hydrogens (primary N) is 1. The van der Waals surface area contributed by atoms with E-state index in [0.29, 0.717) is 0 Å². The number of carboxylic acids is 1. The predicted molar refractivity (Wildman–Crippen MR) is 43.2 cm³/mol. The standard InChI is InChI=1S/C6H13NO2S/c1-6(2,10-3)4(7)5(8)9/h4H,7H2,1-3H3,(H,8,9). The van der Waals surface area contributed by atoms with Crippen molar-refractivity contribution in [3.8, 4) is 0 Å². The molecule has 0 rings (SSSR count). The van der Waals surface area contributed by atoms with Crippen LogP contribution in [-0.4, -0.2) is 28.1 Å². The summed E-state index contributed by atoms with van der Waals surface area (Å²) in [4.78, 5) is 10.4. The first kappa shape index (κ1) is 9.78. The molecule has 3 nitrogen and oxygen atoms in total. The molecule has 0 radical (unpaired) electrons. The van der Waals surface area contributed by atoms with Crippen LogP contribution in [-0.2, 0) is 4.79 Å². The van der Waals surface area contributed by atoms with Crippen LogP contribution in [0.15, 0.2) is 0 Å². The van der Waals surface area contributed by atoms with E-state index in [2.05, 4.69) is 0 Å². The normalized spacial score (nSPS) is 14.8. The molecular formula is C6H13NO2S. The van der Waals surface area contributed by atoms with Crippen LogP contribution in [0.1, 0.15) is 13.8 Å². The molecule has 0 saturated heterocycles. The van der Waals surface area contributed by atoms with Gasteiger partial charge in [-0.1, -0.05) is 0 Å². The number of hydrogen-bond donors (Lipinski definition) is 2. The van der Waals surface area contributed by atoms with E-state index in [4.69, 9.17) is 10.8 Å². The van der Waals surface area contributed by atoms with Crippen molar-refractivity contribution in [1.82, 2.24) is 0 Å². The minimum atomic E-state index is -0.945. The molecule has 0 bridgehead atoms. The summed E-state index contributed by atoms with van der Waals surface area (Å²) in [5.41, 5.74) is 5.38. The molecule has 0 saturated carbocycles. The van der Waals surface area contributed by atoms with Crippen LogP contribution in [0, 0.1) is 0 Å². The Balaban J connectivity index is 4.17. The van der Waals surface area contributed by atoms with Crippen LogP contribution in [0.5, 0.6) is 0 Å². The number of rotatable bonds is 3. The quantitative estimate of drug-likeness (QED) is 0.637. The summed E-state index contributed by atoms with van der Waals surface area (Å²) in [5, 5.41) is 8.51. The average molecular weight is 163 g/mol. The average Bonchev–Trinajstić information content (AvgIpc) is 1.86. The Kier molecular flexibility index (Phi) is 3.18. The van der Waals surface area contributed by atoms with E-state index in [0.717, 1.165) is 0 Å². The van der Waals surface area contributed by atoms with Crippen molar-refractivity contribution in [2.75, 3.05) is 6.26 Å². The lowest BCUT2D eigenvalue weighted by Crippen LogP contribution is -2.46. The lowest BCUT2D eigenvalue weighted by molar-refractivity contribution is -0.139. The molecule has 0 aliphatic carbocycles. The Labute approximate surface area is 65.0 Å². The molecule has 1 unspecified atom stereocenters. The number of carbonyl (C=O) groups is 1. The van der Waals surface area contributed by atoms with Gasteiger partial charge in [-0.2, -0.15) is 11.8 Å². The van der Waals surface area contributed by atoms with Crippen molar-refractivity contribution in [3.63, 3.8) is 0 Å². The number of carboxylic acid groups (broad SMARTS) is 1. The summed E-state index contributed by atoms with van der Waals surface area (Å²) in [6.45, 7) is 3.63. The highest BCUT2D eigenvalue weighted by Gasteiger charge is 2.30. The maximum Gasteiger partial charge on any atom is 0.321 e. The highest BCUT2D eigenvalue weighted by Crippen LogP contribution is 2.23. The van der Waals surface area contributed by atoms with Gasteiger partial charge in [-0.3, -0.25) is 4.79 Å². The van der Waals surface area contributed by atoms with Crippen molar-refractivity contribution in [2.24, 2.45) is 5.73 Å². The van der Waals surface area contributed by atoms with Gasteiger partial charge in [0.05, 0.1) is 0 Å². The molecule has 0 aromatic carbocycles. The second-order valence-electron chi connectivity index (χ2n) is 2.62. The molecule has 0 heterocycles. The zero-order chi connectivity index (χ0) is 8.36. The Morgan fingerprint density at radius 1 is 1.70 bits per heavy atom. The van der Waals surface area contributed by atoms with Crippen LogP contribution >= 0.6 is 11.8 Å². The van der Waals surface area contributed by atoms with Crippen molar-refractivity contribution in [2.45, 2.75) is 24.6 Å². The molecular weight excluding hydrogens is 150 g/mol. The zero-order valence-electron chi connectivity index (χ0n) is 6.42. The second-order valence-corrected chi connectivity index (χ2v) is 4.08. The lowest BCUT2D eigenvalue weighted by Gasteiger charge is -2.25. The van der Waals surface area contributed by atoms with Crippen LogP contribution in [0.3, 0.4) is 0 Å². The highest BCUT2D eigenvalue weighted by molar-refractivity contribution is 8.00. The van der Waals surface area contributed by atoms with Gasteiger partial charge in [0.1, 0.15) is 6.04 Å². The summed E-state index contributed by atoms with van der Waals surface area (Å²) in [7, 11) is 0. The van der Waals surface area contributed by atoms with Crippen LogP contribution in [0.2, 0.25) is 0 Å². The molecule has 0 spiro atoms. The van der Waals surface area contributed by atoms with Crippen LogP contribution in [0.25, 0.3) is 0 Å². The third kappa shape index (κ3) is 2.19. The van der Waals surface area contributed by atoms with Crippen LogP contribution in [0.4, 0.5) is 0 Å². The van der Waals surface area contributed by atoms with E-state index in [1.165, 1.54) is 11.8 Å². The van der Waals surface area contributed by atoms with Crippen molar-refractivity contribution in [3.05, 3.63) is 0 Å². The van der Waals surface area contributed by atoms with E-state index in [1.807, 2.05) is 20.1 Å². The minimum Gasteiger partial charge on any atom is -0.480 e. The summed E-state index contributed by atoms with van der Waals surface area (Å²) in [6, 6.07) is -0.789. The van der Waals surface area contributed by atoms with Gasteiger partial charge in [0.15, 0.2) is 0 Å². The van der Waals surface area contributed by atoms with Gasteiger partial charge in [-0.25, -0.2) is 0 Å². The SMILES string of the molecule is CSC(C)(C)C(N)C(=O)O. The fraction of sp³-hybridized carbons (Fsp3) is 0.833. The van der Waals surface area contributed by atoms with E-state index in [9.17, 15) is 4.79 Å². The summed E-state index contributed by atoms with van der Waals surface area (Å²) < 4.78 is -0.383. The minimum absolute atomic E-state index is 0.383. The van der Waals surface area contributed by atoms with E-state index >= 15 is 0 Å². The first-order chi connectivity index (χ1) is 4.41. The molecule has 10 heavy (non-hydrogen) atoms. The van der Waals surface area contributed by atoms with Crippen molar-refractivity contribution in [1.29, 1.82) is 0 Å². The first-order valence-corrected chi connectivity index (χ1v) is 4.18. The van der Waals surface area contributed by atoms with Gasteiger partial charge in [-0.05, 0) is 20.1 Å². The van der Waals surface area contributed by atoms with Crippen molar-refractivity contribution < 1.29 is 9.90 Å². The molecule has 3 N–H and O–H groups in total.